The molecule has 0 amide bonds. The van der Waals surface area contributed by atoms with E-state index in [1.54, 1.807) is 0 Å². The van der Waals surface area contributed by atoms with Crippen molar-refractivity contribution in [3.8, 4) is 0 Å². The van der Waals surface area contributed by atoms with Crippen LogP contribution in [0.3, 0.4) is 0 Å². The lowest BCUT2D eigenvalue weighted by molar-refractivity contribution is 0.0825. The minimum absolute atomic E-state index is 0.162. The Kier molecular flexibility index (Phi) is 8.46. The Hall–Kier alpha value is -0.0800. The highest BCUT2D eigenvalue weighted by Crippen LogP contribution is 2.10. The average Bonchev–Trinajstić information content (AvgIpc) is 2.04. The lowest BCUT2D eigenvalue weighted by atomic mass is 10.0. The van der Waals surface area contributed by atoms with Gasteiger partial charge in [0.1, 0.15) is 0 Å². The molecule has 0 saturated carbocycles. The Balaban J connectivity index is 3.15. The maximum atomic E-state index is 9.51. The summed E-state index contributed by atoms with van der Waals surface area (Å²) >= 11 is 0. The van der Waals surface area contributed by atoms with Crippen molar-refractivity contribution in [2.45, 2.75) is 52.6 Å². The predicted octanol–water partition coefficient (Wildman–Crippen LogP) is 2.60. The van der Waals surface area contributed by atoms with Gasteiger partial charge >= 0.3 is 0 Å². The lowest BCUT2D eigenvalue weighted by Gasteiger charge is -2.10. The number of ether oxygens (including phenoxy) is 1. The molecule has 0 spiro atoms. The fourth-order valence-electron chi connectivity index (χ4n) is 1.27. The first-order chi connectivity index (χ1) is 6.16. The number of hydrogen-bond donors (Lipinski definition) is 1. The fraction of sp³-hybridized carbons (Fsp3) is 1.00. The Morgan fingerprint density at radius 2 is 1.85 bits per heavy atom. The second-order valence-corrected chi connectivity index (χ2v) is 3.96. The average molecular weight is 188 g/mol. The largest absolute Gasteiger partial charge is 0.393 e. The smallest absolute Gasteiger partial charge is 0.0562 e. The van der Waals surface area contributed by atoms with Gasteiger partial charge in [0.25, 0.3) is 0 Å². The van der Waals surface area contributed by atoms with Crippen LogP contribution in [0, 0.1) is 5.92 Å². The van der Waals surface area contributed by atoms with Gasteiger partial charge < -0.3 is 9.84 Å². The molecule has 0 aromatic rings. The molecular formula is C11H24O2. The standard InChI is InChI=1S/C11H24O2/c1-4-13-9-8-11(12)7-5-6-10(2)3/h10-12H,4-9H2,1-3H3. The van der Waals surface area contributed by atoms with Gasteiger partial charge in [-0.25, -0.2) is 0 Å². The van der Waals surface area contributed by atoms with E-state index >= 15 is 0 Å². The first kappa shape index (κ1) is 12.9. The summed E-state index contributed by atoms with van der Waals surface area (Å²) in [5.74, 6) is 0.749. The van der Waals surface area contributed by atoms with Gasteiger partial charge in [0.2, 0.25) is 0 Å². The third-order valence-electron chi connectivity index (χ3n) is 2.12. The van der Waals surface area contributed by atoms with Crippen LogP contribution in [0.4, 0.5) is 0 Å². The van der Waals surface area contributed by atoms with Crippen molar-refractivity contribution in [2.24, 2.45) is 5.92 Å². The molecule has 0 aliphatic rings. The first-order valence-electron chi connectivity index (χ1n) is 5.42. The molecule has 0 aromatic heterocycles. The molecule has 0 rings (SSSR count). The molecule has 0 bridgehead atoms. The predicted molar refractivity (Wildman–Crippen MR) is 55.8 cm³/mol. The van der Waals surface area contributed by atoms with E-state index in [-0.39, 0.29) is 6.10 Å². The summed E-state index contributed by atoms with van der Waals surface area (Å²) in [6.45, 7) is 7.85. The highest BCUT2D eigenvalue weighted by atomic mass is 16.5. The maximum absolute atomic E-state index is 9.51. The summed E-state index contributed by atoms with van der Waals surface area (Å²) in [6, 6.07) is 0. The van der Waals surface area contributed by atoms with Gasteiger partial charge in [-0.3, -0.25) is 0 Å². The highest BCUT2D eigenvalue weighted by molar-refractivity contribution is 4.56. The van der Waals surface area contributed by atoms with E-state index in [9.17, 15) is 5.11 Å². The second-order valence-electron chi connectivity index (χ2n) is 3.96. The van der Waals surface area contributed by atoms with Crippen LogP contribution in [0.25, 0.3) is 0 Å². The van der Waals surface area contributed by atoms with Crippen molar-refractivity contribution < 1.29 is 9.84 Å². The van der Waals surface area contributed by atoms with Gasteiger partial charge in [0.05, 0.1) is 6.10 Å². The van der Waals surface area contributed by atoms with Crippen LogP contribution in [-0.2, 0) is 4.74 Å². The van der Waals surface area contributed by atoms with Gasteiger partial charge in [-0.05, 0) is 25.7 Å². The molecule has 1 unspecified atom stereocenters. The quantitative estimate of drug-likeness (QED) is 0.593. The lowest BCUT2D eigenvalue weighted by Crippen LogP contribution is -2.10. The van der Waals surface area contributed by atoms with Crippen molar-refractivity contribution in [1.29, 1.82) is 0 Å². The Morgan fingerprint density at radius 1 is 1.15 bits per heavy atom. The minimum Gasteiger partial charge on any atom is -0.393 e. The van der Waals surface area contributed by atoms with Gasteiger partial charge in [-0.1, -0.05) is 26.7 Å². The third-order valence-corrected chi connectivity index (χ3v) is 2.12. The minimum atomic E-state index is -0.162. The number of rotatable bonds is 8. The van der Waals surface area contributed by atoms with Crippen LogP contribution in [-0.4, -0.2) is 24.4 Å². The fourth-order valence-corrected chi connectivity index (χ4v) is 1.27. The maximum Gasteiger partial charge on any atom is 0.0562 e. The molecule has 0 aromatic carbocycles. The van der Waals surface area contributed by atoms with Gasteiger partial charge in [0.15, 0.2) is 0 Å². The molecule has 0 saturated heterocycles. The molecule has 80 valence electrons. The summed E-state index contributed by atoms with van der Waals surface area (Å²) in [7, 11) is 0. The Bertz CT molecular complexity index is 102. The molecule has 0 radical (unpaired) electrons. The van der Waals surface area contributed by atoms with E-state index in [1.165, 1.54) is 6.42 Å². The number of hydrogen-bond acceptors (Lipinski definition) is 2. The molecule has 1 N–H and O–H groups in total. The zero-order valence-electron chi connectivity index (χ0n) is 9.25. The molecule has 0 heterocycles. The Labute approximate surface area is 82.3 Å². The summed E-state index contributed by atoms with van der Waals surface area (Å²) in [5.41, 5.74) is 0. The van der Waals surface area contributed by atoms with E-state index in [4.69, 9.17) is 4.74 Å². The SMILES string of the molecule is CCOCCC(O)CCCC(C)C. The normalized spacial score (nSPS) is 13.6. The molecule has 1 atom stereocenters. The van der Waals surface area contributed by atoms with E-state index in [0.29, 0.717) is 6.61 Å². The third kappa shape index (κ3) is 9.84. The van der Waals surface area contributed by atoms with Crippen molar-refractivity contribution in [3.63, 3.8) is 0 Å². The summed E-state index contributed by atoms with van der Waals surface area (Å²) in [4.78, 5) is 0. The van der Waals surface area contributed by atoms with E-state index in [1.807, 2.05) is 6.92 Å². The molecule has 0 fully saturated rings. The summed E-state index contributed by atoms with van der Waals surface area (Å²) in [5, 5.41) is 9.51. The van der Waals surface area contributed by atoms with Crippen molar-refractivity contribution in [2.75, 3.05) is 13.2 Å². The van der Waals surface area contributed by atoms with Crippen LogP contribution in [0.1, 0.15) is 46.5 Å². The van der Waals surface area contributed by atoms with Crippen LogP contribution >= 0.6 is 0 Å². The zero-order chi connectivity index (χ0) is 10.1. The van der Waals surface area contributed by atoms with Crippen LogP contribution in [0.2, 0.25) is 0 Å². The van der Waals surface area contributed by atoms with E-state index < -0.39 is 0 Å². The topological polar surface area (TPSA) is 29.5 Å². The van der Waals surface area contributed by atoms with Gasteiger partial charge in [-0.15, -0.1) is 0 Å². The van der Waals surface area contributed by atoms with Crippen LogP contribution in [0.5, 0.6) is 0 Å². The Morgan fingerprint density at radius 3 is 2.38 bits per heavy atom. The van der Waals surface area contributed by atoms with E-state index in [2.05, 4.69) is 13.8 Å². The van der Waals surface area contributed by atoms with Gasteiger partial charge in [0, 0.05) is 13.2 Å². The van der Waals surface area contributed by atoms with Crippen molar-refractivity contribution in [3.05, 3.63) is 0 Å². The number of aliphatic hydroxyl groups is 1. The molecule has 2 heteroatoms. The van der Waals surface area contributed by atoms with Crippen LogP contribution in [0.15, 0.2) is 0 Å². The van der Waals surface area contributed by atoms with E-state index in [0.717, 1.165) is 31.8 Å². The molecule has 13 heavy (non-hydrogen) atoms. The van der Waals surface area contributed by atoms with Crippen molar-refractivity contribution >= 4 is 0 Å². The number of aliphatic hydroxyl groups excluding tert-OH is 1. The van der Waals surface area contributed by atoms with Gasteiger partial charge in [-0.2, -0.15) is 0 Å². The summed E-state index contributed by atoms with van der Waals surface area (Å²) < 4.78 is 5.17. The monoisotopic (exact) mass is 188 g/mol. The first-order valence-corrected chi connectivity index (χ1v) is 5.42. The molecular weight excluding hydrogens is 164 g/mol. The van der Waals surface area contributed by atoms with Crippen molar-refractivity contribution in [1.82, 2.24) is 0 Å². The summed E-state index contributed by atoms with van der Waals surface area (Å²) in [6.07, 6.45) is 3.89. The second kappa shape index (κ2) is 8.52. The highest BCUT2D eigenvalue weighted by Gasteiger charge is 2.04. The molecule has 2 nitrogen and oxygen atoms in total. The molecule has 0 aliphatic heterocycles. The molecule has 0 aliphatic carbocycles. The van der Waals surface area contributed by atoms with Crippen LogP contribution < -0.4 is 0 Å². The zero-order valence-corrected chi connectivity index (χ0v) is 9.25.